The van der Waals surface area contributed by atoms with Gasteiger partial charge in [-0.05, 0) is 12.0 Å². The number of sulfone groups is 1. The van der Waals surface area contributed by atoms with Crippen LogP contribution < -0.4 is 4.74 Å². The summed E-state index contributed by atoms with van der Waals surface area (Å²) in [6.45, 7) is 4.17. The number of ketones is 1. The van der Waals surface area contributed by atoms with Gasteiger partial charge in [-0.2, -0.15) is 0 Å². The van der Waals surface area contributed by atoms with E-state index in [9.17, 15) is 17.6 Å². The molecule has 0 bridgehead atoms. The summed E-state index contributed by atoms with van der Waals surface area (Å²) in [5.74, 6) is -1.43. The summed E-state index contributed by atoms with van der Waals surface area (Å²) in [6.07, 6.45) is 0.438. The van der Waals surface area contributed by atoms with E-state index in [1.165, 1.54) is 0 Å². The zero-order valence-electron chi connectivity index (χ0n) is 13.5. The number of hydrogen-bond acceptors (Lipinski definition) is 5. The van der Waals surface area contributed by atoms with E-state index in [1.807, 2.05) is 0 Å². The van der Waals surface area contributed by atoms with Crippen LogP contribution >= 0.6 is 0 Å². The van der Waals surface area contributed by atoms with E-state index in [0.717, 1.165) is 12.1 Å². The second-order valence-corrected chi connectivity index (χ2v) is 8.06. The highest BCUT2D eigenvalue weighted by Crippen LogP contribution is 2.36. The van der Waals surface area contributed by atoms with Crippen LogP contribution in [0.4, 0.5) is 4.39 Å². The number of benzene rings is 1. The molecule has 0 N–H and O–H groups in total. The van der Waals surface area contributed by atoms with Crippen molar-refractivity contribution in [1.82, 2.24) is 0 Å². The number of rotatable bonds is 6. The van der Waals surface area contributed by atoms with Crippen LogP contribution in [0, 0.1) is 11.7 Å². The van der Waals surface area contributed by atoms with E-state index >= 15 is 0 Å². The van der Waals surface area contributed by atoms with Crippen molar-refractivity contribution in [3.05, 3.63) is 23.5 Å². The van der Waals surface area contributed by atoms with Gasteiger partial charge in [-0.3, -0.25) is 4.79 Å². The van der Waals surface area contributed by atoms with Crippen molar-refractivity contribution in [2.75, 3.05) is 20.3 Å². The maximum Gasteiger partial charge on any atom is 0.182 e. The van der Waals surface area contributed by atoms with E-state index in [2.05, 4.69) is 0 Å². The Labute approximate surface area is 135 Å². The van der Waals surface area contributed by atoms with Crippen LogP contribution in [0.2, 0.25) is 0 Å². The normalized spacial score (nSPS) is 19.7. The molecule has 1 aromatic carbocycles. The average molecular weight is 344 g/mol. The second kappa shape index (κ2) is 6.97. The smallest absolute Gasteiger partial charge is 0.182 e. The second-order valence-electron chi connectivity index (χ2n) is 5.93. The molecular formula is C16H21FO5S. The van der Waals surface area contributed by atoms with Gasteiger partial charge < -0.3 is 9.47 Å². The first-order chi connectivity index (χ1) is 10.8. The van der Waals surface area contributed by atoms with Gasteiger partial charge in [-0.15, -0.1) is 0 Å². The first kappa shape index (κ1) is 17.9. The molecule has 23 heavy (non-hydrogen) atoms. The Morgan fingerprint density at radius 2 is 2.00 bits per heavy atom. The van der Waals surface area contributed by atoms with E-state index in [4.69, 9.17) is 9.47 Å². The fraction of sp³-hybridized carbons (Fsp3) is 0.562. The van der Waals surface area contributed by atoms with E-state index in [-0.39, 0.29) is 40.9 Å². The predicted octanol–water partition coefficient (Wildman–Crippen LogP) is 2.63. The maximum absolute atomic E-state index is 14.1. The molecule has 0 spiro atoms. The summed E-state index contributed by atoms with van der Waals surface area (Å²) in [7, 11) is -2.14. The van der Waals surface area contributed by atoms with Gasteiger partial charge in [0.05, 0.1) is 16.8 Å². The molecule has 1 aliphatic rings. The number of methoxy groups -OCH3 is 1. The van der Waals surface area contributed by atoms with Gasteiger partial charge in [-0.1, -0.05) is 13.8 Å². The van der Waals surface area contributed by atoms with Crippen molar-refractivity contribution in [2.45, 2.75) is 36.8 Å². The van der Waals surface area contributed by atoms with Crippen LogP contribution in [0.25, 0.3) is 0 Å². The quantitative estimate of drug-likeness (QED) is 0.586. The van der Waals surface area contributed by atoms with Gasteiger partial charge in [0, 0.05) is 38.2 Å². The molecule has 0 radical (unpaired) electrons. The van der Waals surface area contributed by atoms with Crippen LogP contribution in [-0.4, -0.2) is 39.8 Å². The zero-order valence-corrected chi connectivity index (χ0v) is 14.3. The van der Waals surface area contributed by atoms with Gasteiger partial charge in [0.25, 0.3) is 0 Å². The molecule has 0 fully saturated rings. The highest BCUT2D eigenvalue weighted by Gasteiger charge is 2.40. The molecule has 0 aromatic heterocycles. The summed E-state index contributed by atoms with van der Waals surface area (Å²) < 4.78 is 49.6. The first-order valence-corrected chi connectivity index (χ1v) is 9.06. The Balaban J connectivity index is 2.39. The number of Topliss-reactive ketones (excluding diaryl/α,β-unsaturated/α-hetero) is 1. The summed E-state index contributed by atoms with van der Waals surface area (Å²) in [5, 5.41) is -0.783. The number of ether oxygens (including phenoxy) is 2. The lowest BCUT2D eigenvalue weighted by atomic mass is 9.99. The largest absolute Gasteiger partial charge is 0.490 e. The monoisotopic (exact) mass is 344 g/mol. The van der Waals surface area contributed by atoms with Gasteiger partial charge in [0.2, 0.25) is 0 Å². The Morgan fingerprint density at radius 3 is 2.61 bits per heavy atom. The minimum Gasteiger partial charge on any atom is -0.490 e. The average Bonchev–Trinajstić information content (AvgIpc) is 2.48. The Kier molecular flexibility index (Phi) is 5.41. The number of carbonyl (C=O) groups is 1. The molecule has 1 aliphatic heterocycles. The van der Waals surface area contributed by atoms with Crippen LogP contribution in [0.5, 0.6) is 5.75 Å². The molecule has 2 rings (SSSR count). The van der Waals surface area contributed by atoms with Crippen LogP contribution in [0.15, 0.2) is 17.0 Å². The minimum atomic E-state index is -3.68. The fourth-order valence-electron chi connectivity index (χ4n) is 2.64. The molecular weight excluding hydrogens is 323 g/mol. The molecule has 1 unspecified atom stereocenters. The van der Waals surface area contributed by atoms with E-state index < -0.39 is 20.9 Å². The molecule has 128 valence electrons. The molecule has 1 heterocycles. The molecule has 0 saturated carbocycles. The fourth-order valence-corrected chi connectivity index (χ4v) is 4.81. The van der Waals surface area contributed by atoms with Crippen molar-refractivity contribution >= 4 is 15.6 Å². The lowest BCUT2D eigenvalue weighted by molar-refractivity contribution is 0.0968. The summed E-state index contributed by atoms with van der Waals surface area (Å²) in [6, 6.07) is 2.11. The number of carbonyl (C=O) groups excluding carboxylic acids is 1. The first-order valence-electron chi connectivity index (χ1n) is 7.51. The van der Waals surface area contributed by atoms with E-state index in [1.54, 1.807) is 21.0 Å². The number of halogens is 1. The Hall–Kier alpha value is -1.47. The lowest BCUT2D eigenvalue weighted by Crippen LogP contribution is -2.35. The molecule has 1 atom stereocenters. The molecule has 1 aromatic rings. The van der Waals surface area contributed by atoms with Crippen molar-refractivity contribution in [1.29, 1.82) is 0 Å². The third kappa shape index (κ3) is 3.55. The van der Waals surface area contributed by atoms with Gasteiger partial charge in [0.15, 0.2) is 27.2 Å². The molecule has 0 amide bonds. The molecule has 0 aliphatic carbocycles. The molecule has 0 saturated heterocycles. The Bertz CT molecular complexity index is 697. The van der Waals surface area contributed by atoms with Crippen LogP contribution in [0.1, 0.15) is 37.0 Å². The zero-order chi connectivity index (χ0) is 17.2. The Morgan fingerprint density at radius 1 is 1.30 bits per heavy atom. The van der Waals surface area contributed by atoms with E-state index in [0.29, 0.717) is 13.0 Å². The van der Waals surface area contributed by atoms with Gasteiger partial charge in [0.1, 0.15) is 0 Å². The summed E-state index contributed by atoms with van der Waals surface area (Å²) >= 11 is 0. The third-order valence-electron chi connectivity index (χ3n) is 3.92. The van der Waals surface area contributed by atoms with Gasteiger partial charge >= 0.3 is 0 Å². The van der Waals surface area contributed by atoms with Crippen molar-refractivity contribution < 1.29 is 27.1 Å². The molecule has 5 nitrogen and oxygen atoms in total. The number of hydrogen-bond donors (Lipinski definition) is 0. The lowest BCUT2D eigenvalue weighted by Gasteiger charge is -2.27. The maximum atomic E-state index is 14.1. The minimum absolute atomic E-state index is 0.0800. The molecule has 7 heteroatoms. The SMILES string of the molecule is COCCCOc1cc2c(cc1F)C(=O)CC(C(C)C)S2(=O)=O. The summed E-state index contributed by atoms with van der Waals surface area (Å²) in [4.78, 5) is 12.0. The highest BCUT2D eigenvalue weighted by atomic mass is 32.2. The van der Waals surface area contributed by atoms with Crippen molar-refractivity contribution in [3.8, 4) is 5.75 Å². The number of fused-ring (bicyclic) bond motifs is 1. The van der Waals surface area contributed by atoms with Crippen molar-refractivity contribution in [3.63, 3.8) is 0 Å². The van der Waals surface area contributed by atoms with Crippen LogP contribution in [-0.2, 0) is 14.6 Å². The van der Waals surface area contributed by atoms with Crippen molar-refractivity contribution in [2.24, 2.45) is 5.92 Å². The third-order valence-corrected chi connectivity index (χ3v) is 6.38. The predicted molar refractivity (Wildman–Crippen MR) is 83.1 cm³/mol. The highest BCUT2D eigenvalue weighted by molar-refractivity contribution is 7.92. The summed E-state index contributed by atoms with van der Waals surface area (Å²) in [5.41, 5.74) is -0.0800. The topological polar surface area (TPSA) is 69.7 Å². The standard InChI is InChI=1S/C16H21FO5S/c1-10(2)15-8-13(18)11-7-12(17)14(22-6-4-5-21-3)9-16(11)23(15,19)20/h7,9-10,15H,4-6,8H2,1-3H3. The van der Waals surface area contributed by atoms with Gasteiger partial charge in [-0.25, -0.2) is 12.8 Å². The van der Waals surface area contributed by atoms with Crippen LogP contribution in [0.3, 0.4) is 0 Å².